The van der Waals surface area contributed by atoms with E-state index in [0.717, 1.165) is 16.3 Å². The maximum atomic E-state index is 13.9. The number of ether oxygens (including phenoxy) is 3. The summed E-state index contributed by atoms with van der Waals surface area (Å²) in [6.07, 6.45) is 0.567. The summed E-state index contributed by atoms with van der Waals surface area (Å²) in [6.45, 7) is 10.1. The van der Waals surface area contributed by atoms with Crippen LogP contribution in [0.4, 0.5) is 10.5 Å². The second-order valence-corrected chi connectivity index (χ2v) is 16.8. The summed E-state index contributed by atoms with van der Waals surface area (Å²) in [7, 11) is 1.20. The van der Waals surface area contributed by atoms with Gasteiger partial charge in [0, 0.05) is 29.7 Å². The van der Waals surface area contributed by atoms with Gasteiger partial charge in [0.05, 0.1) is 18.6 Å². The van der Waals surface area contributed by atoms with E-state index in [9.17, 15) is 28.8 Å². The van der Waals surface area contributed by atoms with Gasteiger partial charge in [0.2, 0.25) is 11.8 Å². The van der Waals surface area contributed by atoms with Gasteiger partial charge in [-0.25, -0.2) is 9.59 Å². The average molecular weight is 968 g/mol. The second kappa shape index (κ2) is 22.4. The zero-order valence-corrected chi connectivity index (χ0v) is 38.7. The molecule has 0 saturated carbocycles. The molecule has 0 aliphatic rings. The number of thioether (sulfide) groups is 1. The van der Waals surface area contributed by atoms with Gasteiger partial charge < -0.3 is 35.5 Å². The lowest BCUT2D eigenvalue weighted by molar-refractivity contribution is -0.156. The molecule has 4 aromatic carbocycles. The number of fused-ring (bicyclic) bond motifs is 1. The molecule has 0 spiro atoms. The summed E-state index contributed by atoms with van der Waals surface area (Å²) in [4.78, 5) is 80.4. The first kappa shape index (κ1) is 49.9. The second-order valence-electron chi connectivity index (χ2n) is 15.9. The van der Waals surface area contributed by atoms with Crippen LogP contribution in [0.3, 0.4) is 0 Å². The summed E-state index contributed by atoms with van der Waals surface area (Å²) in [6, 6.07) is 22.4. The molecule has 0 saturated heterocycles. The fourth-order valence-electron chi connectivity index (χ4n) is 6.07. The molecule has 5 N–H and O–H groups in total. The normalized spacial score (nSPS) is 12.7. The van der Waals surface area contributed by atoms with Gasteiger partial charge in [-0.15, -0.1) is 35.7 Å². The number of benzene rings is 4. The van der Waals surface area contributed by atoms with Gasteiger partial charge in [-0.3, -0.25) is 24.6 Å². The van der Waals surface area contributed by atoms with Crippen LogP contribution in [0.2, 0.25) is 0 Å². The van der Waals surface area contributed by atoms with Crippen molar-refractivity contribution < 1.29 is 43.0 Å². The van der Waals surface area contributed by atoms with Crippen molar-refractivity contribution in [2.45, 2.75) is 90.1 Å². The highest BCUT2D eigenvalue weighted by Crippen LogP contribution is 2.21. The molecule has 0 aliphatic heterocycles. The van der Waals surface area contributed by atoms with Crippen LogP contribution in [-0.2, 0) is 46.2 Å². The summed E-state index contributed by atoms with van der Waals surface area (Å²) in [5, 5.41) is 20.9. The van der Waals surface area contributed by atoms with Crippen molar-refractivity contribution >= 4 is 93.0 Å². The van der Waals surface area contributed by atoms with Crippen molar-refractivity contribution in [3.05, 3.63) is 113 Å². The largest absolute Gasteiger partial charge is 0.467 e. The molecular weight excluding hydrogens is 913 g/mol. The Morgan fingerprint density at radius 2 is 1.33 bits per heavy atom. The van der Waals surface area contributed by atoms with Crippen molar-refractivity contribution in [3.63, 3.8) is 0 Å². The number of alkyl carbamates (subject to hydrolysis) is 1. The van der Waals surface area contributed by atoms with E-state index in [-0.39, 0.29) is 48.1 Å². The lowest BCUT2D eigenvalue weighted by Crippen LogP contribution is -2.53. The van der Waals surface area contributed by atoms with E-state index < -0.39 is 71.5 Å². The lowest BCUT2D eigenvalue weighted by Gasteiger charge is -2.24. The standard InChI is InChI=1S/C45H53N5O9S.HI/c1-44(2,3)58-37(51)26-35(41(54)49-36(42(55)57-7)25-30-15-11-14-28-13-9-10-18-33(28)30)48-39(52)31-16-12-17-32(24-31)47-40(53)34(50-43(56)59-45(4,5)6)23-27-19-21-29(22-20-27)38(46)60-8;/h9-22,24,34-36,46H,23,25-26H2,1-8H3,(H,47,53)(H,48,52)(H,49,54)(H,50,56);1H/t34?,35-,36-;/m0./s1. The third kappa shape index (κ3) is 15.8. The molecule has 61 heavy (non-hydrogen) atoms. The van der Waals surface area contributed by atoms with Gasteiger partial charge in [-0.2, -0.15) is 0 Å². The molecule has 4 rings (SSSR count). The summed E-state index contributed by atoms with van der Waals surface area (Å²) in [5.41, 5.74) is 0.678. The van der Waals surface area contributed by atoms with Gasteiger partial charge in [-0.05, 0) is 87.9 Å². The fraction of sp³-hybridized carbons (Fsp3) is 0.356. The fourth-order valence-corrected chi connectivity index (χ4v) is 6.44. The Morgan fingerprint density at radius 1 is 0.689 bits per heavy atom. The van der Waals surface area contributed by atoms with Crippen LogP contribution in [0, 0.1) is 5.41 Å². The summed E-state index contributed by atoms with van der Waals surface area (Å²) < 4.78 is 15.9. The first-order valence-electron chi connectivity index (χ1n) is 19.2. The minimum atomic E-state index is -1.49. The molecule has 16 heteroatoms. The quantitative estimate of drug-likeness (QED) is 0.0273. The predicted octanol–water partition coefficient (Wildman–Crippen LogP) is 6.95. The number of methoxy groups -OCH3 is 1. The van der Waals surface area contributed by atoms with Crippen LogP contribution in [0.1, 0.15) is 75.0 Å². The van der Waals surface area contributed by atoms with Gasteiger partial charge in [0.25, 0.3) is 5.91 Å². The molecule has 0 fully saturated rings. The summed E-state index contributed by atoms with van der Waals surface area (Å²) in [5.74, 6) is -3.70. The van der Waals surface area contributed by atoms with Crippen LogP contribution in [0.15, 0.2) is 91.0 Å². The maximum Gasteiger partial charge on any atom is 0.408 e. The number of halogens is 1. The molecule has 4 aromatic rings. The van der Waals surface area contributed by atoms with Crippen molar-refractivity contribution in [1.29, 1.82) is 5.41 Å². The maximum absolute atomic E-state index is 13.9. The zero-order chi connectivity index (χ0) is 44.2. The van der Waals surface area contributed by atoms with Crippen molar-refractivity contribution in [3.8, 4) is 0 Å². The Morgan fingerprint density at radius 3 is 1.97 bits per heavy atom. The van der Waals surface area contributed by atoms with Crippen molar-refractivity contribution in [1.82, 2.24) is 16.0 Å². The van der Waals surface area contributed by atoms with Crippen LogP contribution in [-0.4, -0.2) is 83.5 Å². The number of anilines is 1. The number of rotatable bonds is 15. The first-order chi connectivity index (χ1) is 28.2. The Hall–Kier alpha value is -5.49. The number of nitrogens with one attached hydrogen (secondary N) is 5. The Bertz CT molecular complexity index is 2220. The van der Waals surface area contributed by atoms with Gasteiger partial charge in [0.15, 0.2) is 0 Å². The number of carbonyl (C=O) groups is 6. The van der Waals surface area contributed by atoms with Crippen LogP contribution < -0.4 is 21.3 Å². The smallest absolute Gasteiger partial charge is 0.408 e. The molecule has 0 aromatic heterocycles. The Kier molecular flexibility index (Phi) is 18.3. The molecule has 326 valence electrons. The number of esters is 2. The molecular formula is C45H54IN5O9S. The highest BCUT2D eigenvalue weighted by Gasteiger charge is 2.32. The molecule has 4 amide bonds. The zero-order valence-electron chi connectivity index (χ0n) is 35.5. The molecule has 3 atom stereocenters. The minimum absolute atomic E-state index is 0. The lowest BCUT2D eigenvalue weighted by atomic mass is 9.98. The Balaban J connectivity index is 0.00000992. The monoisotopic (exact) mass is 967 g/mol. The van der Waals surface area contributed by atoms with Crippen molar-refractivity contribution in [2.75, 3.05) is 18.7 Å². The highest BCUT2D eigenvalue weighted by molar-refractivity contribution is 14.0. The van der Waals surface area contributed by atoms with E-state index >= 15 is 0 Å². The number of hydrogen-bond acceptors (Lipinski definition) is 11. The highest BCUT2D eigenvalue weighted by atomic mass is 127. The van der Waals surface area contributed by atoms with Gasteiger partial charge in [0.1, 0.15) is 29.3 Å². The summed E-state index contributed by atoms with van der Waals surface area (Å²) >= 11 is 1.29. The number of amides is 4. The van der Waals surface area contributed by atoms with E-state index in [0.29, 0.717) is 16.2 Å². The van der Waals surface area contributed by atoms with E-state index in [4.69, 9.17) is 19.6 Å². The van der Waals surface area contributed by atoms with E-state index in [1.165, 1.54) is 37.1 Å². The van der Waals surface area contributed by atoms with Crippen LogP contribution in [0.25, 0.3) is 10.8 Å². The van der Waals surface area contributed by atoms with Crippen LogP contribution in [0.5, 0.6) is 0 Å². The molecule has 0 radical (unpaired) electrons. The van der Waals surface area contributed by atoms with Gasteiger partial charge >= 0.3 is 18.0 Å². The van der Waals surface area contributed by atoms with Crippen LogP contribution >= 0.6 is 35.7 Å². The minimum Gasteiger partial charge on any atom is -0.467 e. The van der Waals surface area contributed by atoms with E-state index in [2.05, 4.69) is 21.3 Å². The Labute approximate surface area is 377 Å². The SMILES string of the molecule is COC(=O)[C@H](Cc1cccc2ccccc12)NC(=O)[C@H](CC(=O)OC(C)(C)C)NC(=O)c1cccc(NC(=O)C(Cc2ccc(C(=N)SC)cc2)NC(=O)OC(C)(C)C)c1.I. The van der Waals surface area contributed by atoms with Gasteiger partial charge in [-0.1, -0.05) is 72.8 Å². The average Bonchev–Trinajstić information content (AvgIpc) is 3.18. The third-order valence-corrected chi connectivity index (χ3v) is 9.42. The molecule has 1 unspecified atom stereocenters. The number of carbonyl (C=O) groups excluding carboxylic acids is 6. The molecule has 0 heterocycles. The predicted molar refractivity (Wildman–Crippen MR) is 247 cm³/mol. The molecule has 14 nitrogen and oxygen atoms in total. The first-order valence-corrected chi connectivity index (χ1v) is 20.5. The molecule has 0 aliphatic carbocycles. The topological polar surface area (TPSA) is 202 Å². The van der Waals surface area contributed by atoms with E-state index in [1.54, 1.807) is 78.1 Å². The molecule has 0 bridgehead atoms. The third-order valence-electron chi connectivity index (χ3n) is 8.78. The van der Waals surface area contributed by atoms with E-state index in [1.807, 2.05) is 42.5 Å². The number of hydrogen-bond donors (Lipinski definition) is 5. The van der Waals surface area contributed by atoms with Crippen molar-refractivity contribution in [2.24, 2.45) is 0 Å².